The largest absolute Gasteiger partial charge is 0.398 e. The second-order valence-electron chi connectivity index (χ2n) is 4.30. The van der Waals surface area contributed by atoms with E-state index in [-0.39, 0.29) is 0 Å². The molecule has 0 N–H and O–H groups in total. The Kier molecular flexibility index (Phi) is 2.34. The lowest BCUT2D eigenvalue weighted by Gasteiger charge is -2.33. The van der Waals surface area contributed by atoms with Crippen LogP contribution in [-0.4, -0.2) is 22.8 Å². The summed E-state index contributed by atoms with van der Waals surface area (Å²) >= 11 is 0. The zero-order valence-electron chi connectivity index (χ0n) is 8.67. The van der Waals surface area contributed by atoms with Crippen molar-refractivity contribution in [2.45, 2.75) is 31.4 Å². The Bertz CT molecular complexity index is 233. The molecule has 2 aliphatic carbocycles. The summed E-state index contributed by atoms with van der Waals surface area (Å²) in [4.78, 5) is 0. The van der Waals surface area contributed by atoms with E-state index in [1.165, 1.54) is 19.3 Å². The fourth-order valence-corrected chi connectivity index (χ4v) is 5.26. The maximum absolute atomic E-state index is 5.61. The van der Waals surface area contributed by atoms with Gasteiger partial charge >= 0.3 is 8.56 Å². The van der Waals surface area contributed by atoms with Gasteiger partial charge in [-0.15, -0.1) is 0 Å². The van der Waals surface area contributed by atoms with E-state index < -0.39 is 8.56 Å². The van der Waals surface area contributed by atoms with E-state index >= 15 is 0 Å². The predicted molar refractivity (Wildman–Crippen MR) is 54.8 cm³/mol. The second-order valence-corrected chi connectivity index (χ2v) is 7.89. The lowest BCUT2D eigenvalue weighted by atomic mass is 10.1. The molecule has 2 bridgehead atoms. The Morgan fingerprint density at radius 3 is 2.38 bits per heavy atom. The van der Waals surface area contributed by atoms with Crippen molar-refractivity contribution in [3.05, 3.63) is 11.6 Å². The predicted octanol–water partition coefficient (Wildman–Crippen LogP) is 2.46. The van der Waals surface area contributed by atoms with E-state index in [1.54, 1.807) is 19.8 Å². The minimum absolute atomic E-state index is 0.697. The summed E-state index contributed by atoms with van der Waals surface area (Å²) in [5.74, 6) is 0.826. The molecule has 74 valence electrons. The van der Waals surface area contributed by atoms with Gasteiger partial charge in [-0.25, -0.2) is 0 Å². The van der Waals surface area contributed by atoms with Crippen LogP contribution in [0.2, 0.25) is 12.1 Å². The minimum Gasteiger partial charge on any atom is -0.398 e. The summed E-state index contributed by atoms with van der Waals surface area (Å²) in [6, 6.07) is 0. The lowest BCUT2D eigenvalue weighted by molar-refractivity contribution is 0.226. The Labute approximate surface area is 81.2 Å². The third kappa shape index (κ3) is 1.39. The van der Waals surface area contributed by atoms with E-state index in [0.717, 1.165) is 5.92 Å². The highest BCUT2D eigenvalue weighted by atomic mass is 28.4. The van der Waals surface area contributed by atoms with Gasteiger partial charge in [0.05, 0.1) is 0 Å². The Balaban J connectivity index is 2.13. The first kappa shape index (κ1) is 9.43. The number of hydrogen-bond acceptors (Lipinski definition) is 2. The van der Waals surface area contributed by atoms with Crippen LogP contribution in [0.1, 0.15) is 19.3 Å². The Hall–Kier alpha value is -0.123. The van der Waals surface area contributed by atoms with Crippen LogP contribution in [0, 0.1) is 5.92 Å². The van der Waals surface area contributed by atoms with Gasteiger partial charge in [0.2, 0.25) is 0 Å². The van der Waals surface area contributed by atoms with Gasteiger partial charge in [0.15, 0.2) is 0 Å². The topological polar surface area (TPSA) is 18.5 Å². The first-order chi connectivity index (χ1) is 6.19. The molecule has 1 fully saturated rings. The van der Waals surface area contributed by atoms with Gasteiger partial charge in [-0.05, 0) is 31.7 Å². The molecule has 0 heterocycles. The van der Waals surface area contributed by atoms with Gasteiger partial charge in [0.1, 0.15) is 0 Å². The van der Waals surface area contributed by atoms with Crippen molar-refractivity contribution in [3.63, 3.8) is 0 Å². The Morgan fingerprint density at radius 1 is 1.31 bits per heavy atom. The van der Waals surface area contributed by atoms with E-state index in [9.17, 15) is 0 Å². The molecule has 0 aromatic rings. The molecule has 13 heavy (non-hydrogen) atoms. The number of fused-ring (bicyclic) bond motifs is 2. The van der Waals surface area contributed by atoms with E-state index in [0.29, 0.717) is 5.54 Å². The van der Waals surface area contributed by atoms with Gasteiger partial charge in [-0.2, -0.15) is 0 Å². The van der Waals surface area contributed by atoms with Crippen molar-refractivity contribution < 1.29 is 8.85 Å². The molecule has 0 aromatic carbocycles. The molecule has 0 aromatic heterocycles. The van der Waals surface area contributed by atoms with Crippen LogP contribution in [0.3, 0.4) is 0 Å². The summed E-state index contributed by atoms with van der Waals surface area (Å²) in [6.07, 6.45) is 6.20. The first-order valence-electron chi connectivity index (χ1n) is 4.98. The lowest BCUT2D eigenvalue weighted by Crippen LogP contribution is -2.43. The van der Waals surface area contributed by atoms with Crippen LogP contribution in [0.15, 0.2) is 11.6 Å². The molecule has 1 saturated carbocycles. The third-order valence-electron chi connectivity index (χ3n) is 3.77. The van der Waals surface area contributed by atoms with Crippen molar-refractivity contribution in [2.75, 3.05) is 14.2 Å². The molecule has 2 unspecified atom stereocenters. The molecular weight excluding hydrogens is 180 g/mol. The van der Waals surface area contributed by atoms with E-state index in [4.69, 9.17) is 8.85 Å². The highest BCUT2D eigenvalue weighted by molar-refractivity contribution is 6.67. The zero-order valence-corrected chi connectivity index (χ0v) is 9.67. The summed E-state index contributed by atoms with van der Waals surface area (Å²) in [5.41, 5.74) is 2.34. The molecule has 0 radical (unpaired) electrons. The van der Waals surface area contributed by atoms with Crippen LogP contribution in [0.4, 0.5) is 0 Å². The molecule has 0 aliphatic heterocycles. The van der Waals surface area contributed by atoms with Crippen molar-refractivity contribution in [2.24, 2.45) is 5.92 Å². The van der Waals surface area contributed by atoms with Gasteiger partial charge < -0.3 is 8.85 Å². The monoisotopic (exact) mass is 198 g/mol. The van der Waals surface area contributed by atoms with Crippen LogP contribution >= 0.6 is 0 Å². The third-order valence-corrected chi connectivity index (χ3v) is 7.41. The number of rotatable bonds is 3. The van der Waals surface area contributed by atoms with E-state index in [1.807, 2.05) is 0 Å². The molecular formula is C10H18O2Si. The Morgan fingerprint density at radius 2 is 2.00 bits per heavy atom. The maximum Gasteiger partial charge on any atom is 0.338 e. The summed E-state index contributed by atoms with van der Waals surface area (Å²) in [7, 11) is 1.74. The summed E-state index contributed by atoms with van der Waals surface area (Å²) in [5, 5.41) is 0. The van der Waals surface area contributed by atoms with Gasteiger partial charge in [0.25, 0.3) is 0 Å². The van der Waals surface area contributed by atoms with Crippen LogP contribution in [0.5, 0.6) is 0 Å². The SMILES string of the molecule is CO[Si](C)(OC)C1CC2=CCC1C2. The molecule has 0 saturated heterocycles. The molecule has 2 nitrogen and oxygen atoms in total. The first-order valence-corrected chi connectivity index (χ1v) is 7.37. The van der Waals surface area contributed by atoms with Crippen molar-refractivity contribution in [1.82, 2.24) is 0 Å². The summed E-state index contributed by atoms with van der Waals surface area (Å²) < 4.78 is 11.2. The molecule has 2 rings (SSSR count). The average Bonchev–Trinajstić information content (AvgIpc) is 2.77. The van der Waals surface area contributed by atoms with E-state index in [2.05, 4.69) is 12.6 Å². The quantitative estimate of drug-likeness (QED) is 0.512. The normalized spacial score (nSPS) is 32.4. The standard InChI is InChI=1S/C10H18O2Si/c1-11-13(3,12-2)10-7-8-4-5-9(10)6-8/h4,9-10H,5-7H2,1-3H3. The molecule has 3 heteroatoms. The van der Waals surface area contributed by atoms with Crippen molar-refractivity contribution in [1.29, 1.82) is 0 Å². The average molecular weight is 198 g/mol. The molecule has 2 atom stereocenters. The van der Waals surface area contributed by atoms with Crippen LogP contribution in [0.25, 0.3) is 0 Å². The highest BCUT2D eigenvalue weighted by Gasteiger charge is 2.49. The molecule has 2 aliphatic rings. The molecule has 0 spiro atoms. The summed E-state index contributed by atoms with van der Waals surface area (Å²) in [6.45, 7) is 2.19. The van der Waals surface area contributed by atoms with Gasteiger partial charge in [-0.3, -0.25) is 0 Å². The zero-order chi connectivity index (χ0) is 9.47. The number of hydrogen-bond donors (Lipinski definition) is 0. The van der Waals surface area contributed by atoms with Gasteiger partial charge in [-0.1, -0.05) is 11.6 Å². The second kappa shape index (κ2) is 3.22. The van der Waals surface area contributed by atoms with Crippen molar-refractivity contribution >= 4 is 8.56 Å². The fraction of sp³-hybridized carbons (Fsp3) is 0.800. The number of allylic oxidation sites excluding steroid dienone is 2. The fourth-order valence-electron chi connectivity index (χ4n) is 2.74. The highest BCUT2D eigenvalue weighted by Crippen LogP contribution is 2.52. The van der Waals surface area contributed by atoms with Gasteiger partial charge in [0, 0.05) is 19.8 Å². The maximum atomic E-state index is 5.61. The van der Waals surface area contributed by atoms with Crippen LogP contribution in [-0.2, 0) is 8.85 Å². The minimum atomic E-state index is -1.86. The molecule has 0 amide bonds. The smallest absolute Gasteiger partial charge is 0.338 e. The van der Waals surface area contributed by atoms with Crippen molar-refractivity contribution in [3.8, 4) is 0 Å². The van der Waals surface area contributed by atoms with Crippen LogP contribution < -0.4 is 0 Å².